The highest BCUT2D eigenvalue weighted by Crippen LogP contribution is 2.05. The second-order valence-electron chi connectivity index (χ2n) is 5.31. The summed E-state index contributed by atoms with van der Waals surface area (Å²) in [5.74, 6) is 0.108. The SMILES string of the molecule is CC/C=C\N(C)C(C)CC(=O)NC(C)(C)C. The standard InChI is InChI=1S/C13H26N2O/c1-7-8-9-15(6)11(2)10-12(16)14-13(3,4)5/h8-9,11H,7,10H2,1-6H3,(H,14,16)/b9-8-. The molecule has 0 radical (unpaired) electrons. The smallest absolute Gasteiger partial charge is 0.222 e. The molecule has 1 unspecified atom stereocenters. The largest absolute Gasteiger partial charge is 0.377 e. The van der Waals surface area contributed by atoms with Crippen molar-refractivity contribution >= 4 is 5.91 Å². The fourth-order valence-electron chi connectivity index (χ4n) is 1.30. The van der Waals surface area contributed by atoms with E-state index in [1.807, 2.05) is 34.0 Å². The van der Waals surface area contributed by atoms with Crippen LogP contribution >= 0.6 is 0 Å². The van der Waals surface area contributed by atoms with Crippen LogP contribution in [0.3, 0.4) is 0 Å². The molecule has 0 spiro atoms. The van der Waals surface area contributed by atoms with Gasteiger partial charge in [-0.2, -0.15) is 0 Å². The summed E-state index contributed by atoms with van der Waals surface area (Å²) in [6.07, 6.45) is 5.68. The van der Waals surface area contributed by atoms with Gasteiger partial charge in [-0.15, -0.1) is 0 Å². The van der Waals surface area contributed by atoms with Crippen molar-refractivity contribution in [2.24, 2.45) is 0 Å². The lowest BCUT2D eigenvalue weighted by Crippen LogP contribution is -2.43. The van der Waals surface area contributed by atoms with Crippen LogP contribution in [0.2, 0.25) is 0 Å². The molecule has 0 aromatic heterocycles. The van der Waals surface area contributed by atoms with Gasteiger partial charge >= 0.3 is 0 Å². The average molecular weight is 226 g/mol. The number of nitrogens with one attached hydrogen (secondary N) is 1. The number of carbonyl (C=O) groups excluding carboxylic acids is 1. The van der Waals surface area contributed by atoms with Gasteiger partial charge in [-0.25, -0.2) is 0 Å². The molecule has 0 fully saturated rings. The Hall–Kier alpha value is -0.990. The van der Waals surface area contributed by atoms with Crippen molar-refractivity contribution in [3.05, 3.63) is 12.3 Å². The van der Waals surface area contributed by atoms with Gasteiger partial charge in [0.2, 0.25) is 5.91 Å². The molecule has 3 nitrogen and oxygen atoms in total. The normalized spacial score (nSPS) is 13.9. The molecule has 0 saturated heterocycles. The van der Waals surface area contributed by atoms with Gasteiger partial charge in [0.15, 0.2) is 0 Å². The number of rotatable bonds is 5. The van der Waals surface area contributed by atoms with E-state index in [0.717, 1.165) is 6.42 Å². The van der Waals surface area contributed by atoms with E-state index < -0.39 is 0 Å². The maximum Gasteiger partial charge on any atom is 0.222 e. The average Bonchev–Trinajstić information content (AvgIpc) is 2.10. The Balaban J connectivity index is 4.09. The summed E-state index contributed by atoms with van der Waals surface area (Å²) in [6, 6.07) is 0.227. The van der Waals surface area contributed by atoms with E-state index in [4.69, 9.17) is 0 Å². The van der Waals surface area contributed by atoms with Crippen molar-refractivity contribution in [2.45, 2.75) is 59.0 Å². The highest BCUT2D eigenvalue weighted by Gasteiger charge is 2.16. The second kappa shape index (κ2) is 6.56. The minimum atomic E-state index is -0.144. The molecule has 16 heavy (non-hydrogen) atoms. The lowest BCUT2D eigenvalue weighted by Gasteiger charge is -2.25. The Labute approximate surface area is 99.9 Å². The first-order valence-corrected chi connectivity index (χ1v) is 5.96. The van der Waals surface area contributed by atoms with Crippen LogP contribution in [-0.2, 0) is 4.79 Å². The molecule has 1 atom stereocenters. The molecular formula is C13H26N2O. The highest BCUT2D eigenvalue weighted by molar-refractivity contribution is 5.77. The third-order valence-electron chi connectivity index (χ3n) is 2.27. The Morgan fingerprint density at radius 3 is 2.44 bits per heavy atom. The molecule has 0 bridgehead atoms. The van der Waals surface area contributed by atoms with E-state index in [1.54, 1.807) is 0 Å². The Bertz CT molecular complexity index is 241. The third kappa shape index (κ3) is 7.32. The molecule has 0 saturated carbocycles. The molecular weight excluding hydrogens is 200 g/mol. The molecule has 0 aliphatic rings. The maximum absolute atomic E-state index is 11.7. The number of hydrogen-bond acceptors (Lipinski definition) is 2. The summed E-state index contributed by atoms with van der Waals surface area (Å²) in [4.78, 5) is 13.8. The van der Waals surface area contributed by atoms with E-state index in [2.05, 4.69) is 30.1 Å². The number of hydrogen-bond donors (Lipinski definition) is 1. The van der Waals surface area contributed by atoms with Gasteiger partial charge in [0.25, 0.3) is 0 Å². The molecule has 3 heteroatoms. The van der Waals surface area contributed by atoms with Crippen LogP contribution in [0.4, 0.5) is 0 Å². The zero-order valence-corrected chi connectivity index (χ0v) is 11.5. The van der Waals surface area contributed by atoms with Crippen molar-refractivity contribution in [1.29, 1.82) is 0 Å². The molecule has 0 heterocycles. The number of allylic oxidation sites excluding steroid dienone is 1. The van der Waals surface area contributed by atoms with Gasteiger partial charge in [0.05, 0.1) is 0 Å². The number of nitrogens with zero attached hydrogens (tertiary/aromatic N) is 1. The van der Waals surface area contributed by atoms with Crippen LogP contribution in [-0.4, -0.2) is 29.4 Å². The van der Waals surface area contributed by atoms with Crippen LogP contribution in [0.15, 0.2) is 12.3 Å². The van der Waals surface area contributed by atoms with Gasteiger partial charge in [-0.05, 0) is 40.3 Å². The summed E-state index contributed by atoms with van der Waals surface area (Å²) in [6.45, 7) is 10.1. The van der Waals surface area contributed by atoms with E-state index in [1.165, 1.54) is 0 Å². The number of carbonyl (C=O) groups is 1. The van der Waals surface area contributed by atoms with Crippen LogP contribution in [0.1, 0.15) is 47.5 Å². The summed E-state index contributed by atoms with van der Waals surface area (Å²) in [7, 11) is 2.00. The fourth-order valence-corrected chi connectivity index (χ4v) is 1.30. The number of amides is 1. The fraction of sp³-hybridized carbons (Fsp3) is 0.769. The predicted octanol–water partition coefficient (Wildman–Crippen LogP) is 2.54. The van der Waals surface area contributed by atoms with Gasteiger partial charge in [0, 0.05) is 25.0 Å². The van der Waals surface area contributed by atoms with Crippen molar-refractivity contribution in [3.63, 3.8) is 0 Å². The first kappa shape index (κ1) is 15.0. The Kier molecular flexibility index (Phi) is 6.16. The minimum absolute atomic E-state index is 0.108. The monoisotopic (exact) mass is 226 g/mol. The first-order chi connectivity index (χ1) is 7.26. The first-order valence-electron chi connectivity index (χ1n) is 5.96. The molecule has 0 aliphatic heterocycles. The quantitative estimate of drug-likeness (QED) is 0.781. The molecule has 1 N–H and O–H groups in total. The predicted molar refractivity (Wildman–Crippen MR) is 69.2 cm³/mol. The zero-order valence-electron chi connectivity index (χ0n) is 11.5. The van der Waals surface area contributed by atoms with E-state index in [-0.39, 0.29) is 17.5 Å². The summed E-state index contributed by atoms with van der Waals surface area (Å²) in [5, 5.41) is 2.97. The molecule has 0 aliphatic carbocycles. The van der Waals surface area contributed by atoms with Crippen molar-refractivity contribution in [2.75, 3.05) is 7.05 Å². The highest BCUT2D eigenvalue weighted by atomic mass is 16.1. The lowest BCUT2D eigenvalue weighted by molar-refractivity contribution is -0.123. The zero-order chi connectivity index (χ0) is 12.8. The molecule has 0 rings (SSSR count). The summed E-state index contributed by atoms with van der Waals surface area (Å²) >= 11 is 0. The lowest BCUT2D eigenvalue weighted by atomic mass is 10.1. The summed E-state index contributed by atoms with van der Waals surface area (Å²) in [5.41, 5.74) is -0.144. The maximum atomic E-state index is 11.7. The second-order valence-corrected chi connectivity index (χ2v) is 5.31. The van der Waals surface area contributed by atoms with Crippen LogP contribution < -0.4 is 5.32 Å². The van der Waals surface area contributed by atoms with Gasteiger partial charge in [-0.1, -0.05) is 13.0 Å². The van der Waals surface area contributed by atoms with Crippen LogP contribution in [0.5, 0.6) is 0 Å². The van der Waals surface area contributed by atoms with E-state index in [9.17, 15) is 4.79 Å². The molecule has 0 aromatic carbocycles. The Morgan fingerprint density at radius 2 is 2.00 bits per heavy atom. The molecule has 1 amide bonds. The topological polar surface area (TPSA) is 32.3 Å². The van der Waals surface area contributed by atoms with E-state index >= 15 is 0 Å². The molecule has 94 valence electrons. The van der Waals surface area contributed by atoms with Gasteiger partial charge in [0.1, 0.15) is 0 Å². The van der Waals surface area contributed by atoms with Crippen molar-refractivity contribution in [1.82, 2.24) is 10.2 Å². The molecule has 0 aromatic rings. The van der Waals surface area contributed by atoms with Crippen molar-refractivity contribution < 1.29 is 4.79 Å². The third-order valence-corrected chi connectivity index (χ3v) is 2.27. The Morgan fingerprint density at radius 1 is 1.44 bits per heavy atom. The van der Waals surface area contributed by atoms with Gasteiger partial charge in [-0.3, -0.25) is 4.79 Å². The summed E-state index contributed by atoms with van der Waals surface area (Å²) < 4.78 is 0. The van der Waals surface area contributed by atoms with Crippen LogP contribution in [0, 0.1) is 0 Å². The minimum Gasteiger partial charge on any atom is -0.377 e. The van der Waals surface area contributed by atoms with Gasteiger partial charge < -0.3 is 10.2 Å². The van der Waals surface area contributed by atoms with Crippen molar-refractivity contribution in [3.8, 4) is 0 Å². The van der Waals surface area contributed by atoms with E-state index in [0.29, 0.717) is 6.42 Å². The van der Waals surface area contributed by atoms with Crippen LogP contribution in [0.25, 0.3) is 0 Å².